The lowest BCUT2D eigenvalue weighted by molar-refractivity contribution is 0.0827. The molecule has 3 aromatic rings. The van der Waals surface area contributed by atoms with Crippen LogP contribution in [0.25, 0.3) is 11.6 Å². The number of carbonyl (C=O) groups is 1. The topological polar surface area (TPSA) is 60.9 Å². The SMILES string of the molecule is C/C(=C\c1cnc(C)cc1C)c1ccc(C(=O)N(C)C)cc1.COc1cc(C)cc(OC)c1OC. The summed E-state index contributed by atoms with van der Waals surface area (Å²) in [6.45, 7) is 8.13. The number of hydrogen-bond acceptors (Lipinski definition) is 5. The first-order valence-corrected chi connectivity index (χ1v) is 11.3. The Bertz CT molecular complexity index is 1160. The number of ether oxygens (including phenoxy) is 3. The van der Waals surface area contributed by atoms with Gasteiger partial charge in [0.1, 0.15) is 0 Å². The molecular weight excluding hydrogens is 440 g/mol. The van der Waals surface area contributed by atoms with Gasteiger partial charge in [-0.15, -0.1) is 0 Å². The van der Waals surface area contributed by atoms with Crippen LogP contribution in [0.1, 0.15) is 45.2 Å². The lowest BCUT2D eigenvalue weighted by atomic mass is 10.0. The third-order valence-corrected chi connectivity index (χ3v) is 5.46. The second-order valence-corrected chi connectivity index (χ2v) is 8.49. The Hall–Kier alpha value is -3.80. The molecule has 0 aliphatic rings. The van der Waals surface area contributed by atoms with Crippen LogP contribution >= 0.6 is 0 Å². The normalized spacial score (nSPS) is 10.7. The van der Waals surface area contributed by atoms with Gasteiger partial charge in [-0.2, -0.15) is 0 Å². The van der Waals surface area contributed by atoms with Gasteiger partial charge in [0, 0.05) is 31.5 Å². The van der Waals surface area contributed by atoms with E-state index < -0.39 is 0 Å². The van der Waals surface area contributed by atoms with Gasteiger partial charge in [-0.3, -0.25) is 9.78 Å². The molecule has 0 saturated carbocycles. The van der Waals surface area contributed by atoms with E-state index in [2.05, 4.69) is 31.0 Å². The molecule has 0 aliphatic carbocycles. The maximum Gasteiger partial charge on any atom is 0.253 e. The van der Waals surface area contributed by atoms with Crippen LogP contribution in [0.3, 0.4) is 0 Å². The van der Waals surface area contributed by atoms with Crippen LogP contribution < -0.4 is 14.2 Å². The lowest BCUT2D eigenvalue weighted by Crippen LogP contribution is -2.21. The highest BCUT2D eigenvalue weighted by atomic mass is 16.5. The molecule has 1 amide bonds. The molecule has 35 heavy (non-hydrogen) atoms. The number of pyridine rings is 1. The fourth-order valence-electron chi connectivity index (χ4n) is 3.52. The molecule has 0 unspecified atom stereocenters. The Labute approximate surface area is 209 Å². The van der Waals surface area contributed by atoms with E-state index >= 15 is 0 Å². The summed E-state index contributed by atoms with van der Waals surface area (Å²) in [5.41, 5.74) is 7.40. The van der Waals surface area contributed by atoms with Crippen LogP contribution in [-0.2, 0) is 0 Å². The Morgan fingerprint density at radius 1 is 0.857 bits per heavy atom. The molecule has 0 atom stereocenters. The first kappa shape index (κ1) is 27.4. The number of aryl methyl sites for hydroxylation is 3. The average Bonchev–Trinajstić information content (AvgIpc) is 2.84. The number of hydrogen-bond donors (Lipinski definition) is 0. The number of methoxy groups -OCH3 is 3. The van der Waals surface area contributed by atoms with Crippen LogP contribution in [-0.4, -0.2) is 51.2 Å². The number of aromatic nitrogens is 1. The van der Waals surface area contributed by atoms with Gasteiger partial charge in [0.05, 0.1) is 21.3 Å². The largest absolute Gasteiger partial charge is 0.493 e. The first-order chi connectivity index (χ1) is 16.6. The van der Waals surface area contributed by atoms with Crippen LogP contribution in [0.4, 0.5) is 0 Å². The van der Waals surface area contributed by atoms with Crippen molar-refractivity contribution in [3.8, 4) is 17.2 Å². The quantitative estimate of drug-likeness (QED) is 0.438. The van der Waals surface area contributed by atoms with Crippen molar-refractivity contribution in [1.82, 2.24) is 9.88 Å². The Kier molecular flexibility index (Phi) is 9.88. The monoisotopic (exact) mass is 476 g/mol. The maximum atomic E-state index is 11.9. The summed E-state index contributed by atoms with van der Waals surface area (Å²) in [6, 6.07) is 13.6. The molecule has 0 spiro atoms. The summed E-state index contributed by atoms with van der Waals surface area (Å²) >= 11 is 0. The van der Waals surface area contributed by atoms with E-state index in [0.29, 0.717) is 22.8 Å². The zero-order chi connectivity index (χ0) is 26.1. The van der Waals surface area contributed by atoms with Crippen LogP contribution in [0.5, 0.6) is 17.2 Å². The molecule has 0 N–H and O–H groups in total. The van der Waals surface area contributed by atoms with Crippen LogP contribution in [0.15, 0.2) is 48.7 Å². The highest BCUT2D eigenvalue weighted by molar-refractivity contribution is 5.94. The van der Waals surface area contributed by atoms with Crippen molar-refractivity contribution in [2.45, 2.75) is 27.7 Å². The lowest BCUT2D eigenvalue weighted by Gasteiger charge is -2.12. The van der Waals surface area contributed by atoms with Gasteiger partial charge < -0.3 is 19.1 Å². The van der Waals surface area contributed by atoms with Crippen molar-refractivity contribution in [2.24, 2.45) is 0 Å². The van der Waals surface area contributed by atoms with Gasteiger partial charge in [0.2, 0.25) is 5.75 Å². The minimum absolute atomic E-state index is 0.0201. The van der Waals surface area contributed by atoms with E-state index in [9.17, 15) is 4.79 Å². The van der Waals surface area contributed by atoms with Crippen molar-refractivity contribution < 1.29 is 19.0 Å². The molecule has 0 saturated heterocycles. The molecule has 3 rings (SSSR count). The van der Waals surface area contributed by atoms with Gasteiger partial charge >= 0.3 is 0 Å². The predicted octanol–water partition coefficient (Wildman–Crippen LogP) is 5.98. The van der Waals surface area contributed by atoms with Crippen molar-refractivity contribution in [1.29, 1.82) is 0 Å². The molecule has 1 heterocycles. The summed E-state index contributed by atoms with van der Waals surface area (Å²) in [5.74, 6) is 2.04. The minimum Gasteiger partial charge on any atom is -0.493 e. The van der Waals surface area contributed by atoms with E-state index in [1.54, 1.807) is 40.3 Å². The van der Waals surface area contributed by atoms with E-state index in [-0.39, 0.29) is 5.91 Å². The van der Waals surface area contributed by atoms with Gasteiger partial charge in [-0.1, -0.05) is 12.1 Å². The van der Waals surface area contributed by atoms with E-state index in [0.717, 1.165) is 28.0 Å². The molecule has 6 heteroatoms. The second-order valence-electron chi connectivity index (χ2n) is 8.49. The standard InChI is InChI=1S/C19H22N2O.C10H14O3/c1-13-10-15(3)20-12-18(13)11-14(2)16-6-8-17(9-7-16)19(22)21(4)5;1-7-5-8(11-2)10(13-4)9(6-7)12-3/h6-12H,1-5H3;5-6H,1-4H3/b14-11+;. The summed E-state index contributed by atoms with van der Waals surface area (Å²) in [5, 5.41) is 0. The molecular formula is C29H36N2O4. The van der Waals surface area contributed by atoms with Crippen molar-refractivity contribution in [2.75, 3.05) is 35.4 Å². The number of allylic oxidation sites excluding steroid dienone is 1. The zero-order valence-corrected chi connectivity index (χ0v) is 22.2. The Morgan fingerprint density at radius 2 is 1.40 bits per heavy atom. The van der Waals surface area contributed by atoms with E-state index in [1.165, 1.54) is 5.56 Å². The number of amides is 1. The number of rotatable bonds is 6. The molecule has 1 aromatic heterocycles. The average molecular weight is 477 g/mol. The highest BCUT2D eigenvalue weighted by Crippen LogP contribution is 2.37. The molecule has 186 valence electrons. The number of carbonyl (C=O) groups excluding carboxylic acids is 1. The maximum absolute atomic E-state index is 11.9. The molecule has 0 fully saturated rings. The second kappa shape index (κ2) is 12.6. The van der Waals surface area contributed by atoms with Crippen LogP contribution in [0.2, 0.25) is 0 Å². The van der Waals surface area contributed by atoms with Crippen LogP contribution in [0, 0.1) is 20.8 Å². The van der Waals surface area contributed by atoms with E-state index in [4.69, 9.17) is 14.2 Å². The highest BCUT2D eigenvalue weighted by Gasteiger charge is 2.11. The van der Waals surface area contributed by atoms with Gasteiger partial charge in [0.25, 0.3) is 5.91 Å². The van der Waals surface area contributed by atoms with Gasteiger partial charge in [-0.25, -0.2) is 0 Å². The minimum atomic E-state index is 0.0201. The first-order valence-electron chi connectivity index (χ1n) is 11.3. The molecule has 0 aliphatic heterocycles. The third kappa shape index (κ3) is 7.34. The fraction of sp³-hybridized carbons (Fsp3) is 0.310. The fourth-order valence-corrected chi connectivity index (χ4v) is 3.52. The Balaban J connectivity index is 0.000000283. The smallest absolute Gasteiger partial charge is 0.253 e. The summed E-state index contributed by atoms with van der Waals surface area (Å²) in [6.07, 6.45) is 4.03. The van der Waals surface area contributed by atoms with Crippen molar-refractivity contribution >= 4 is 17.6 Å². The zero-order valence-electron chi connectivity index (χ0n) is 22.2. The summed E-state index contributed by atoms with van der Waals surface area (Å²) in [4.78, 5) is 17.8. The Morgan fingerprint density at radius 3 is 1.86 bits per heavy atom. The molecule has 0 radical (unpaired) electrons. The van der Waals surface area contributed by atoms with Gasteiger partial charge in [-0.05, 0) is 91.9 Å². The summed E-state index contributed by atoms with van der Waals surface area (Å²) in [7, 11) is 8.33. The summed E-state index contributed by atoms with van der Waals surface area (Å²) < 4.78 is 15.5. The van der Waals surface area contributed by atoms with E-state index in [1.807, 2.05) is 56.4 Å². The van der Waals surface area contributed by atoms with Gasteiger partial charge in [0.15, 0.2) is 11.5 Å². The molecule has 6 nitrogen and oxygen atoms in total. The third-order valence-electron chi connectivity index (χ3n) is 5.46. The molecule has 2 aromatic carbocycles. The number of nitrogens with zero attached hydrogens (tertiary/aromatic N) is 2. The van der Waals surface area contributed by atoms with Crippen molar-refractivity contribution in [3.63, 3.8) is 0 Å². The van der Waals surface area contributed by atoms with Crippen molar-refractivity contribution in [3.05, 3.63) is 82.2 Å². The molecule has 0 bridgehead atoms. The number of benzene rings is 2. The predicted molar refractivity (Wildman–Crippen MR) is 143 cm³/mol.